The number of hydrogen-bond donors (Lipinski definition) is 0. The molecule has 0 aliphatic carbocycles. The third-order valence-corrected chi connectivity index (χ3v) is 8.24. The van der Waals surface area contributed by atoms with Gasteiger partial charge < -0.3 is 4.90 Å². The molecule has 36 heavy (non-hydrogen) atoms. The molecule has 5 rings (SSSR count). The van der Waals surface area contributed by atoms with Crippen molar-refractivity contribution >= 4 is 29.1 Å². The Balaban J connectivity index is 1.52. The summed E-state index contributed by atoms with van der Waals surface area (Å²) >= 11 is 12.3. The van der Waals surface area contributed by atoms with E-state index in [9.17, 15) is 13.6 Å². The quantitative estimate of drug-likeness (QED) is 0.349. The molecule has 0 bridgehead atoms. The van der Waals surface area contributed by atoms with Crippen molar-refractivity contribution in [2.24, 2.45) is 5.92 Å². The molecule has 2 heterocycles. The number of carbonyl (C=O) groups is 1. The lowest BCUT2D eigenvalue weighted by atomic mass is 9.67. The molecule has 1 amide bonds. The molecular weight excluding hydrogens is 501 g/mol. The van der Waals surface area contributed by atoms with E-state index in [2.05, 4.69) is 4.90 Å². The Bertz CT molecular complexity index is 1180. The summed E-state index contributed by atoms with van der Waals surface area (Å²) in [6.45, 7) is 3.49. The Morgan fingerprint density at radius 2 is 1.42 bits per heavy atom. The second-order valence-corrected chi connectivity index (χ2v) is 10.7. The van der Waals surface area contributed by atoms with E-state index in [-0.39, 0.29) is 17.9 Å². The zero-order chi connectivity index (χ0) is 25.4. The molecule has 0 N–H and O–H groups in total. The standard InChI is InChI=1S/C29H28Cl2F2N2O/c1-19(36)35-13-3-2-12-29(35,22-14-26(32)16-27(33)15-22)23-17-34(18-23)28(20-4-8-24(30)9-5-20)21-6-10-25(31)11-7-21/h4-11,14-16,23,28H,2-3,12-13,17-18H2,1H3. The molecule has 1 atom stereocenters. The van der Waals surface area contributed by atoms with Crippen molar-refractivity contribution in [2.45, 2.75) is 37.8 Å². The molecule has 0 spiro atoms. The number of piperidine rings is 1. The Hall–Kier alpha value is -2.47. The van der Waals surface area contributed by atoms with E-state index < -0.39 is 17.2 Å². The number of amides is 1. The maximum absolute atomic E-state index is 14.4. The highest BCUT2D eigenvalue weighted by atomic mass is 35.5. The summed E-state index contributed by atoms with van der Waals surface area (Å²) in [5.41, 5.74) is 2.00. The molecule has 0 saturated carbocycles. The molecule has 0 radical (unpaired) electrons. The molecule has 188 valence electrons. The predicted molar refractivity (Wildman–Crippen MR) is 139 cm³/mol. The number of likely N-dealkylation sites (tertiary alicyclic amines) is 2. The zero-order valence-electron chi connectivity index (χ0n) is 20.1. The molecule has 2 saturated heterocycles. The first-order chi connectivity index (χ1) is 17.3. The third kappa shape index (κ3) is 4.65. The van der Waals surface area contributed by atoms with E-state index >= 15 is 0 Å². The van der Waals surface area contributed by atoms with Crippen molar-refractivity contribution in [3.8, 4) is 0 Å². The first-order valence-corrected chi connectivity index (χ1v) is 13.0. The van der Waals surface area contributed by atoms with Gasteiger partial charge in [0.15, 0.2) is 0 Å². The predicted octanol–water partition coefficient (Wildman–Crippen LogP) is 7.22. The van der Waals surface area contributed by atoms with Crippen molar-refractivity contribution < 1.29 is 13.6 Å². The molecule has 2 fully saturated rings. The number of rotatable bonds is 5. The first-order valence-electron chi connectivity index (χ1n) is 12.3. The second-order valence-electron chi connectivity index (χ2n) is 9.87. The lowest BCUT2D eigenvalue weighted by Gasteiger charge is -2.58. The van der Waals surface area contributed by atoms with Gasteiger partial charge in [0.1, 0.15) is 11.6 Å². The van der Waals surface area contributed by atoms with Crippen LogP contribution in [0.2, 0.25) is 10.0 Å². The monoisotopic (exact) mass is 528 g/mol. The average molecular weight is 529 g/mol. The third-order valence-electron chi connectivity index (χ3n) is 7.74. The van der Waals surface area contributed by atoms with Gasteiger partial charge in [-0.3, -0.25) is 9.69 Å². The van der Waals surface area contributed by atoms with Gasteiger partial charge in [0.2, 0.25) is 5.91 Å². The fraction of sp³-hybridized carbons (Fsp3) is 0.345. The van der Waals surface area contributed by atoms with Gasteiger partial charge in [-0.2, -0.15) is 0 Å². The Labute approximate surface area is 220 Å². The number of hydrogen-bond acceptors (Lipinski definition) is 2. The van der Waals surface area contributed by atoms with E-state index in [0.29, 0.717) is 41.7 Å². The molecule has 3 aromatic carbocycles. The summed E-state index contributed by atoms with van der Waals surface area (Å²) in [5, 5.41) is 1.34. The van der Waals surface area contributed by atoms with Crippen LogP contribution in [-0.4, -0.2) is 35.3 Å². The molecule has 2 aliphatic heterocycles. The lowest BCUT2D eigenvalue weighted by molar-refractivity contribution is -0.149. The smallest absolute Gasteiger partial charge is 0.220 e. The summed E-state index contributed by atoms with van der Waals surface area (Å²) < 4.78 is 28.8. The van der Waals surface area contributed by atoms with Crippen molar-refractivity contribution in [3.63, 3.8) is 0 Å². The average Bonchev–Trinajstić information content (AvgIpc) is 2.82. The Kier molecular flexibility index (Phi) is 7.08. The van der Waals surface area contributed by atoms with Gasteiger partial charge in [-0.1, -0.05) is 47.5 Å². The maximum Gasteiger partial charge on any atom is 0.220 e. The molecule has 0 aromatic heterocycles. The minimum Gasteiger partial charge on any atom is -0.333 e. The number of nitrogens with zero attached hydrogens (tertiary/aromatic N) is 2. The van der Waals surface area contributed by atoms with Crippen LogP contribution in [0.3, 0.4) is 0 Å². The summed E-state index contributed by atoms with van der Waals surface area (Å²) in [4.78, 5) is 17.0. The van der Waals surface area contributed by atoms with Crippen LogP contribution >= 0.6 is 23.2 Å². The van der Waals surface area contributed by atoms with Crippen LogP contribution in [0.4, 0.5) is 8.78 Å². The number of benzene rings is 3. The van der Waals surface area contributed by atoms with E-state index in [1.165, 1.54) is 12.1 Å². The number of carbonyl (C=O) groups excluding carboxylic acids is 1. The van der Waals surface area contributed by atoms with Crippen LogP contribution in [-0.2, 0) is 10.3 Å². The topological polar surface area (TPSA) is 23.6 Å². The normalized spacial score (nSPS) is 21.0. The zero-order valence-corrected chi connectivity index (χ0v) is 21.6. The fourth-order valence-electron chi connectivity index (χ4n) is 6.13. The van der Waals surface area contributed by atoms with Gasteiger partial charge in [0, 0.05) is 48.6 Å². The fourth-order valence-corrected chi connectivity index (χ4v) is 6.38. The molecular formula is C29H28Cl2F2N2O. The summed E-state index contributed by atoms with van der Waals surface area (Å²) in [5.74, 6) is -1.26. The van der Waals surface area contributed by atoms with Gasteiger partial charge >= 0.3 is 0 Å². The molecule has 3 aromatic rings. The summed E-state index contributed by atoms with van der Waals surface area (Å²) in [6.07, 6.45) is 2.46. The molecule has 2 aliphatic rings. The van der Waals surface area contributed by atoms with Crippen LogP contribution < -0.4 is 0 Å². The van der Waals surface area contributed by atoms with Crippen molar-refractivity contribution in [1.29, 1.82) is 0 Å². The maximum atomic E-state index is 14.4. The van der Waals surface area contributed by atoms with Crippen LogP contribution in [0.1, 0.15) is 48.9 Å². The van der Waals surface area contributed by atoms with Crippen LogP contribution in [0.15, 0.2) is 66.7 Å². The van der Waals surface area contributed by atoms with Gasteiger partial charge in [-0.15, -0.1) is 0 Å². The largest absolute Gasteiger partial charge is 0.333 e. The minimum absolute atomic E-state index is 0.0324. The molecule has 7 heteroatoms. The highest BCUT2D eigenvalue weighted by molar-refractivity contribution is 6.30. The summed E-state index contributed by atoms with van der Waals surface area (Å²) in [7, 11) is 0. The van der Waals surface area contributed by atoms with Crippen molar-refractivity contribution in [2.75, 3.05) is 19.6 Å². The van der Waals surface area contributed by atoms with Gasteiger partial charge in [0.25, 0.3) is 0 Å². The van der Waals surface area contributed by atoms with E-state index in [1.807, 2.05) is 53.4 Å². The first kappa shape index (κ1) is 25.2. The Morgan fingerprint density at radius 1 is 0.889 bits per heavy atom. The summed E-state index contributed by atoms with van der Waals surface area (Å²) in [6, 6.07) is 19.3. The highest BCUT2D eigenvalue weighted by Gasteiger charge is 2.53. The molecule has 3 nitrogen and oxygen atoms in total. The van der Waals surface area contributed by atoms with Crippen molar-refractivity contribution in [1.82, 2.24) is 9.80 Å². The van der Waals surface area contributed by atoms with Gasteiger partial charge in [-0.25, -0.2) is 8.78 Å². The minimum atomic E-state index is -0.742. The van der Waals surface area contributed by atoms with Crippen molar-refractivity contribution in [3.05, 3.63) is 105 Å². The van der Waals surface area contributed by atoms with E-state index in [1.54, 1.807) is 6.92 Å². The second kappa shape index (κ2) is 10.1. The van der Waals surface area contributed by atoms with E-state index in [4.69, 9.17) is 23.2 Å². The van der Waals surface area contributed by atoms with Crippen LogP contribution in [0, 0.1) is 17.6 Å². The van der Waals surface area contributed by atoms with Crippen LogP contribution in [0.5, 0.6) is 0 Å². The van der Waals surface area contributed by atoms with Crippen LogP contribution in [0.25, 0.3) is 0 Å². The SMILES string of the molecule is CC(=O)N1CCCCC1(c1cc(F)cc(F)c1)C1CN(C(c2ccc(Cl)cc2)c2ccc(Cl)cc2)C1. The molecule has 1 unspecified atom stereocenters. The lowest BCUT2D eigenvalue weighted by Crippen LogP contribution is -2.65. The highest BCUT2D eigenvalue weighted by Crippen LogP contribution is 2.50. The van der Waals surface area contributed by atoms with Gasteiger partial charge in [0.05, 0.1) is 11.6 Å². The number of halogens is 4. The Morgan fingerprint density at radius 3 is 1.92 bits per heavy atom. The van der Waals surface area contributed by atoms with E-state index in [0.717, 1.165) is 30.0 Å². The van der Waals surface area contributed by atoms with Gasteiger partial charge in [-0.05, 0) is 72.4 Å².